The van der Waals surface area contributed by atoms with Crippen molar-refractivity contribution in [2.24, 2.45) is 5.92 Å². The number of carbonyl (C=O) groups is 1. The third-order valence-corrected chi connectivity index (χ3v) is 11.1. The summed E-state index contributed by atoms with van der Waals surface area (Å²) in [7, 11) is -7.09. The highest BCUT2D eigenvalue weighted by atomic mass is 32.2. The Morgan fingerprint density at radius 1 is 0.730 bits per heavy atom. The van der Waals surface area contributed by atoms with Crippen molar-refractivity contribution in [2.45, 2.75) is 42.0 Å². The lowest BCUT2D eigenvalue weighted by Gasteiger charge is -2.30. The fourth-order valence-corrected chi connectivity index (χ4v) is 8.05. The first-order valence-electron chi connectivity index (χ1n) is 12.6. The number of benzene rings is 3. The highest BCUT2D eigenvalue weighted by molar-refractivity contribution is 7.89. The van der Waals surface area contributed by atoms with Crippen LogP contribution in [0.5, 0.6) is 0 Å². The van der Waals surface area contributed by atoms with Crippen LogP contribution in [0.3, 0.4) is 0 Å². The van der Waals surface area contributed by atoms with Crippen molar-refractivity contribution >= 4 is 36.7 Å². The first-order valence-corrected chi connectivity index (χ1v) is 15.5. The van der Waals surface area contributed by atoms with Gasteiger partial charge in [-0.15, -0.1) is 0 Å². The van der Waals surface area contributed by atoms with E-state index in [1.807, 2.05) is 30.3 Å². The molecule has 2 aliphatic rings. The second-order valence-corrected chi connectivity index (χ2v) is 13.5. The van der Waals surface area contributed by atoms with E-state index in [0.717, 1.165) is 29.2 Å². The van der Waals surface area contributed by atoms with E-state index in [1.165, 1.54) is 8.61 Å². The SMILES string of the molecule is O=C(NCc1ccc(S(=O)(=O)N2CCCC2)cc1)C1CCN(S(=O)(=O)c2ccc3ccccc3c2)CC1. The van der Waals surface area contributed by atoms with Gasteiger partial charge in [-0.25, -0.2) is 16.8 Å². The quantitative estimate of drug-likeness (QED) is 0.494. The summed E-state index contributed by atoms with van der Waals surface area (Å²) in [6, 6.07) is 19.4. The van der Waals surface area contributed by atoms with Crippen LogP contribution < -0.4 is 5.32 Å². The Balaban J connectivity index is 1.15. The molecule has 3 aromatic carbocycles. The molecule has 0 aromatic heterocycles. The zero-order valence-corrected chi connectivity index (χ0v) is 22.2. The number of rotatable bonds is 7. The van der Waals surface area contributed by atoms with Crippen molar-refractivity contribution in [3.63, 3.8) is 0 Å². The van der Waals surface area contributed by atoms with Crippen molar-refractivity contribution in [3.8, 4) is 0 Å². The van der Waals surface area contributed by atoms with E-state index >= 15 is 0 Å². The molecule has 5 rings (SSSR count). The fraction of sp³-hybridized carbons (Fsp3) is 0.370. The van der Waals surface area contributed by atoms with Crippen LogP contribution in [0.15, 0.2) is 76.5 Å². The zero-order valence-electron chi connectivity index (χ0n) is 20.5. The molecule has 8 nitrogen and oxygen atoms in total. The summed E-state index contributed by atoms with van der Waals surface area (Å²) in [4.78, 5) is 13.3. The zero-order chi connectivity index (χ0) is 26.0. The molecule has 0 unspecified atom stereocenters. The molecule has 196 valence electrons. The van der Waals surface area contributed by atoms with E-state index in [2.05, 4.69) is 5.32 Å². The van der Waals surface area contributed by atoms with Gasteiger partial charge >= 0.3 is 0 Å². The van der Waals surface area contributed by atoms with Gasteiger partial charge in [0.15, 0.2) is 0 Å². The molecule has 1 amide bonds. The van der Waals surface area contributed by atoms with Crippen molar-refractivity contribution < 1.29 is 21.6 Å². The van der Waals surface area contributed by atoms with Gasteiger partial charge < -0.3 is 5.32 Å². The second kappa shape index (κ2) is 10.5. The van der Waals surface area contributed by atoms with Crippen LogP contribution in [0.4, 0.5) is 0 Å². The smallest absolute Gasteiger partial charge is 0.243 e. The molecule has 2 heterocycles. The minimum Gasteiger partial charge on any atom is -0.352 e. The number of carbonyl (C=O) groups excluding carboxylic acids is 1. The molecular formula is C27H31N3O5S2. The van der Waals surface area contributed by atoms with E-state index in [1.54, 1.807) is 36.4 Å². The molecule has 0 bridgehead atoms. The van der Waals surface area contributed by atoms with Crippen molar-refractivity contribution in [1.29, 1.82) is 0 Å². The number of nitrogens with zero attached hydrogens (tertiary/aromatic N) is 2. The largest absolute Gasteiger partial charge is 0.352 e. The molecule has 0 spiro atoms. The predicted molar refractivity (Wildman–Crippen MR) is 142 cm³/mol. The number of fused-ring (bicyclic) bond motifs is 1. The normalized spacial score (nSPS) is 18.3. The van der Waals surface area contributed by atoms with Gasteiger partial charge in [-0.3, -0.25) is 4.79 Å². The van der Waals surface area contributed by atoms with Crippen LogP contribution >= 0.6 is 0 Å². The Hall–Kier alpha value is -2.79. The maximum atomic E-state index is 13.2. The van der Waals surface area contributed by atoms with Gasteiger partial charge in [0.05, 0.1) is 9.79 Å². The van der Waals surface area contributed by atoms with Crippen LogP contribution in [0.25, 0.3) is 10.8 Å². The van der Waals surface area contributed by atoms with Crippen LogP contribution in [-0.2, 0) is 31.4 Å². The predicted octanol–water partition coefficient (Wildman–Crippen LogP) is 3.34. The molecule has 2 fully saturated rings. The minimum atomic E-state index is -3.63. The molecule has 0 atom stereocenters. The van der Waals surface area contributed by atoms with E-state index in [-0.39, 0.29) is 34.7 Å². The van der Waals surface area contributed by atoms with E-state index in [4.69, 9.17) is 0 Å². The summed E-state index contributed by atoms with van der Waals surface area (Å²) in [5, 5.41) is 4.78. The van der Waals surface area contributed by atoms with Crippen LogP contribution in [-0.4, -0.2) is 57.5 Å². The molecule has 3 aromatic rings. The Labute approximate surface area is 218 Å². The average Bonchev–Trinajstić information content (AvgIpc) is 3.48. The summed E-state index contributed by atoms with van der Waals surface area (Å²) < 4.78 is 54.7. The first-order chi connectivity index (χ1) is 17.7. The Morgan fingerprint density at radius 3 is 1.97 bits per heavy atom. The van der Waals surface area contributed by atoms with Crippen LogP contribution in [0.1, 0.15) is 31.2 Å². The van der Waals surface area contributed by atoms with Gasteiger partial charge in [0.25, 0.3) is 0 Å². The van der Waals surface area contributed by atoms with Gasteiger partial charge in [0.2, 0.25) is 26.0 Å². The van der Waals surface area contributed by atoms with Crippen LogP contribution in [0, 0.1) is 5.92 Å². The standard InChI is InChI=1S/C27H31N3O5S2/c31-27(28-20-21-7-10-25(11-8-21)36(32,33)29-15-3-4-16-29)23-13-17-30(18-14-23)37(34,35)26-12-9-22-5-1-2-6-24(22)19-26/h1-2,5-12,19,23H,3-4,13-18,20H2,(H,28,31). The molecule has 0 aliphatic carbocycles. The molecule has 0 saturated carbocycles. The topological polar surface area (TPSA) is 104 Å². The minimum absolute atomic E-state index is 0.114. The lowest BCUT2D eigenvalue weighted by atomic mass is 9.97. The Kier molecular flexibility index (Phi) is 7.35. The number of sulfonamides is 2. The highest BCUT2D eigenvalue weighted by Crippen LogP contribution is 2.27. The van der Waals surface area contributed by atoms with Gasteiger partial charge in [0.1, 0.15) is 0 Å². The maximum absolute atomic E-state index is 13.2. The number of nitrogens with one attached hydrogen (secondary N) is 1. The lowest BCUT2D eigenvalue weighted by Crippen LogP contribution is -2.42. The summed E-state index contributed by atoms with van der Waals surface area (Å²) in [6.07, 6.45) is 2.67. The Bertz CT molecular complexity index is 1490. The third-order valence-electron chi connectivity index (χ3n) is 7.28. The van der Waals surface area contributed by atoms with Gasteiger partial charge in [-0.2, -0.15) is 8.61 Å². The molecule has 37 heavy (non-hydrogen) atoms. The van der Waals surface area contributed by atoms with Gasteiger partial charge in [-0.05, 0) is 66.3 Å². The summed E-state index contributed by atoms with van der Waals surface area (Å²) in [5.41, 5.74) is 0.810. The van der Waals surface area contributed by atoms with E-state index < -0.39 is 20.0 Å². The fourth-order valence-electron chi connectivity index (χ4n) is 5.03. The lowest BCUT2D eigenvalue weighted by molar-refractivity contribution is -0.126. The number of piperidine rings is 1. The second-order valence-electron chi connectivity index (χ2n) is 9.66. The monoisotopic (exact) mass is 541 g/mol. The van der Waals surface area contributed by atoms with Gasteiger partial charge in [0, 0.05) is 38.6 Å². The molecule has 2 saturated heterocycles. The summed E-state index contributed by atoms with van der Waals surface area (Å²) >= 11 is 0. The molecule has 1 N–H and O–H groups in total. The third kappa shape index (κ3) is 5.43. The summed E-state index contributed by atoms with van der Waals surface area (Å²) in [6.45, 7) is 1.98. The average molecular weight is 542 g/mol. The highest BCUT2D eigenvalue weighted by Gasteiger charge is 2.32. The van der Waals surface area contributed by atoms with Crippen LogP contribution in [0.2, 0.25) is 0 Å². The summed E-state index contributed by atoms with van der Waals surface area (Å²) in [5.74, 6) is -0.380. The number of amides is 1. The van der Waals surface area contributed by atoms with E-state index in [9.17, 15) is 21.6 Å². The molecule has 10 heteroatoms. The van der Waals surface area contributed by atoms with Crippen molar-refractivity contribution in [3.05, 3.63) is 72.3 Å². The molecule has 2 aliphatic heterocycles. The van der Waals surface area contributed by atoms with Gasteiger partial charge in [-0.1, -0.05) is 42.5 Å². The number of hydrogen-bond acceptors (Lipinski definition) is 5. The molecular weight excluding hydrogens is 510 g/mol. The van der Waals surface area contributed by atoms with E-state index in [0.29, 0.717) is 32.5 Å². The molecule has 0 radical (unpaired) electrons. The Morgan fingerprint density at radius 2 is 1.30 bits per heavy atom. The first kappa shape index (κ1) is 25.8. The maximum Gasteiger partial charge on any atom is 0.243 e. The van der Waals surface area contributed by atoms with Crippen molar-refractivity contribution in [2.75, 3.05) is 26.2 Å². The number of hydrogen-bond donors (Lipinski definition) is 1. The van der Waals surface area contributed by atoms with Crippen molar-refractivity contribution in [1.82, 2.24) is 13.9 Å².